The predicted octanol–water partition coefficient (Wildman–Crippen LogP) is 4.53. The van der Waals surface area contributed by atoms with Crippen LogP contribution in [0.25, 0.3) is 6.08 Å². The number of nitrogens with two attached hydrogens (primary N) is 1. The summed E-state index contributed by atoms with van der Waals surface area (Å²) in [6.45, 7) is 0.752. The zero-order valence-electron chi connectivity index (χ0n) is 14.4. The number of anilines is 3. The molecular weight excluding hydrogens is 322 g/mol. The molecule has 0 spiro atoms. The molecule has 0 aromatic heterocycles. The van der Waals surface area contributed by atoms with Crippen LogP contribution < -0.4 is 16.4 Å². The lowest BCUT2D eigenvalue weighted by Crippen LogP contribution is -2.09. The fourth-order valence-electron chi connectivity index (χ4n) is 2.46. The Morgan fingerprint density at radius 2 is 1.58 bits per heavy atom. The smallest absolute Gasteiger partial charge is 0.248 e. The van der Waals surface area contributed by atoms with E-state index in [1.54, 1.807) is 18.2 Å². The van der Waals surface area contributed by atoms with Gasteiger partial charge in [0.2, 0.25) is 5.91 Å². The molecule has 4 heteroatoms. The van der Waals surface area contributed by atoms with Crippen LogP contribution in [0.1, 0.15) is 11.1 Å². The van der Waals surface area contributed by atoms with Gasteiger partial charge in [-0.25, -0.2) is 0 Å². The third kappa shape index (κ3) is 4.98. The van der Waals surface area contributed by atoms with Crippen LogP contribution in [0.2, 0.25) is 0 Å². The highest BCUT2D eigenvalue weighted by Gasteiger charge is 2.01. The number of hydrogen-bond acceptors (Lipinski definition) is 3. The van der Waals surface area contributed by atoms with Gasteiger partial charge < -0.3 is 16.4 Å². The number of nitrogen functional groups attached to an aromatic ring is 1. The molecule has 1 amide bonds. The van der Waals surface area contributed by atoms with Crippen molar-refractivity contribution < 1.29 is 4.79 Å². The summed E-state index contributed by atoms with van der Waals surface area (Å²) in [4.78, 5) is 12.0. The lowest BCUT2D eigenvalue weighted by Gasteiger charge is -2.06. The van der Waals surface area contributed by atoms with Crippen LogP contribution in [0.5, 0.6) is 0 Å². The van der Waals surface area contributed by atoms with Crippen LogP contribution in [0.15, 0.2) is 84.9 Å². The van der Waals surface area contributed by atoms with Crippen molar-refractivity contribution in [3.8, 4) is 0 Å². The Hall–Kier alpha value is -3.53. The van der Waals surface area contributed by atoms with Crippen LogP contribution in [0, 0.1) is 0 Å². The molecule has 0 aliphatic heterocycles. The Balaban J connectivity index is 1.54. The third-order valence-electron chi connectivity index (χ3n) is 3.90. The van der Waals surface area contributed by atoms with E-state index < -0.39 is 0 Å². The summed E-state index contributed by atoms with van der Waals surface area (Å²) in [5.41, 5.74) is 10.2. The van der Waals surface area contributed by atoms with Gasteiger partial charge in [-0.15, -0.1) is 0 Å². The molecule has 0 heterocycles. The zero-order chi connectivity index (χ0) is 18.2. The van der Waals surface area contributed by atoms with E-state index in [0.29, 0.717) is 11.4 Å². The second kappa shape index (κ2) is 8.53. The van der Waals surface area contributed by atoms with Crippen LogP contribution in [0.4, 0.5) is 17.1 Å². The lowest BCUT2D eigenvalue weighted by atomic mass is 10.1. The largest absolute Gasteiger partial charge is 0.397 e. The Kier molecular flexibility index (Phi) is 5.68. The summed E-state index contributed by atoms with van der Waals surface area (Å²) in [5.74, 6) is -0.210. The minimum atomic E-state index is -0.210. The monoisotopic (exact) mass is 343 g/mol. The van der Waals surface area contributed by atoms with E-state index in [1.807, 2.05) is 66.7 Å². The first-order chi connectivity index (χ1) is 12.7. The van der Waals surface area contributed by atoms with Crippen LogP contribution in [-0.2, 0) is 11.3 Å². The molecule has 3 aromatic rings. The standard InChI is InChI=1S/C22H21N3O/c23-20-8-4-5-9-21(20)25-22(26)15-14-17-10-12-18(13-11-17)16-24-19-6-2-1-3-7-19/h1-15,24H,16,23H2,(H,25,26)/b15-14+. The summed E-state index contributed by atoms with van der Waals surface area (Å²) in [6.07, 6.45) is 3.28. The minimum Gasteiger partial charge on any atom is -0.397 e. The Bertz CT molecular complexity index is 887. The molecule has 3 rings (SSSR count). The van der Waals surface area contributed by atoms with E-state index in [0.717, 1.165) is 17.8 Å². The van der Waals surface area contributed by atoms with E-state index in [9.17, 15) is 4.79 Å². The number of amides is 1. The van der Waals surface area contributed by atoms with Gasteiger partial charge in [-0.2, -0.15) is 0 Å². The van der Waals surface area contributed by atoms with Gasteiger partial charge in [0.05, 0.1) is 11.4 Å². The van der Waals surface area contributed by atoms with Crippen molar-refractivity contribution in [1.82, 2.24) is 0 Å². The first-order valence-corrected chi connectivity index (χ1v) is 8.42. The molecular formula is C22H21N3O. The van der Waals surface area contributed by atoms with E-state index in [4.69, 9.17) is 5.73 Å². The van der Waals surface area contributed by atoms with Gasteiger partial charge >= 0.3 is 0 Å². The number of nitrogens with one attached hydrogen (secondary N) is 2. The topological polar surface area (TPSA) is 67.1 Å². The maximum absolute atomic E-state index is 12.0. The van der Waals surface area contributed by atoms with Crippen molar-refractivity contribution in [2.24, 2.45) is 0 Å². The number of carbonyl (C=O) groups is 1. The summed E-state index contributed by atoms with van der Waals surface area (Å²) in [7, 11) is 0. The predicted molar refractivity (Wildman–Crippen MR) is 109 cm³/mol. The van der Waals surface area contributed by atoms with Gasteiger partial charge in [0, 0.05) is 18.3 Å². The summed E-state index contributed by atoms with van der Waals surface area (Å²) in [6, 6.07) is 25.3. The van der Waals surface area contributed by atoms with Crippen LogP contribution >= 0.6 is 0 Å². The number of rotatable bonds is 6. The molecule has 0 unspecified atom stereocenters. The van der Waals surface area contributed by atoms with Gasteiger partial charge in [0.1, 0.15) is 0 Å². The summed E-state index contributed by atoms with van der Waals surface area (Å²) in [5, 5.41) is 6.14. The molecule has 26 heavy (non-hydrogen) atoms. The zero-order valence-corrected chi connectivity index (χ0v) is 14.4. The normalized spacial score (nSPS) is 10.6. The molecule has 0 bridgehead atoms. The molecule has 0 aliphatic rings. The molecule has 4 nitrogen and oxygen atoms in total. The van der Waals surface area contributed by atoms with Gasteiger partial charge in [-0.1, -0.05) is 54.6 Å². The van der Waals surface area contributed by atoms with Crippen molar-refractivity contribution in [1.29, 1.82) is 0 Å². The average molecular weight is 343 g/mol. The van der Waals surface area contributed by atoms with E-state index in [-0.39, 0.29) is 5.91 Å². The highest BCUT2D eigenvalue weighted by Crippen LogP contribution is 2.16. The Morgan fingerprint density at radius 1 is 0.885 bits per heavy atom. The quantitative estimate of drug-likeness (QED) is 0.455. The average Bonchev–Trinajstić information content (AvgIpc) is 2.68. The number of carbonyl (C=O) groups excluding carboxylic acids is 1. The van der Waals surface area contributed by atoms with Gasteiger partial charge in [0.15, 0.2) is 0 Å². The Morgan fingerprint density at radius 3 is 2.31 bits per heavy atom. The number of hydrogen-bond donors (Lipinski definition) is 3. The molecule has 0 saturated heterocycles. The highest BCUT2D eigenvalue weighted by atomic mass is 16.1. The van der Waals surface area contributed by atoms with Crippen LogP contribution in [0.3, 0.4) is 0 Å². The van der Waals surface area contributed by atoms with Crippen LogP contribution in [-0.4, -0.2) is 5.91 Å². The number of benzene rings is 3. The minimum absolute atomic E-state index is 0.210. The molecule has 4 N–H and O–H groups in total. The van der Waals surface area contributed by atoms with Crippen molar-refractivity contribution in [3.63, 3.8) is 0 Å². The summed E-state index contributed by atoms with van der Waals surface area (Å²) >= 11 is 0. The molecule has 0 fully saturated rings. The molecule has 0 radical (unpaired) electrons. The summed E-state index contributed by atoms with van der Waals surface area (Å²) < 4.78 is 0. The van der Waals surface area contributed by atoms with E-state index in [2.05, 4.69) is 10.6 Å². The van der Waals surface area contributed by atoms with Gasteiger partial charge in [0.25, 0.3) is 0 Å². The van der Waals surface area contributed by atoms with E-state index >= 15 is 0 Å². The third-order valence-corrected chi connectivity index (χ3v) is 3.90. The highest BCUT2D eigenvalue weighted by molar-refractivity contribution is 6.03. The molecule has 0 saturated carbocycles. The fourth-order valence-corrected chi connectivity index (χ4v) is 2.46. The van der Waals surface area contributed by atoms with Crippen molar-refractivity contribution in [2.45, 2.75) is 6.54 Å². The van der Waals surface area contributed by atoms with Crippen molar-refractivity contribution in [3.05, 3.63) is 96.1 Å². The van der Waals surface area contributed by atoms with Crippen molar-refractivity contribution in [2.75, 3.05) is 16.4 Å². The maximum Gasteiger partial charge on any atom is 0.248 e. The maximum atomic E-state index is 12.0. The van der Waals surface area contributed by atoms with Gasteiger partial charge in [-0.05, 0) is 41.5 Å². The van der Waals surface area contributed by atoms with E-state index in [1.165, 1.54) is 11.6 Å². The molecule has 0 aliphatic carbocycles. The Labute approximate surface area is 153 Å². The fraction of sp³-hybridized carbons (Fsp3) is 0.0455. The molecule has 0 atom stereocenters. The number of para-hydroxylation sites is 3. The van der Waals surface area contributed by atoms with Crippen molar-refractivity contribution >= 4 is 29.0 Å². The molecule has 3 aromatic carbocycles. The lowest BCUT2D eigenvalue weighted by molar-refractivity contribution is -0.111. The second-order valence-electron chi connectivity index (χ2n) is 5.87. The van der Waals surface area contributed by atoms with Gasteiger partial charge in [-0.3, -0.25) is 4.79 Å². The first kappa shape index (κ1) is 17.3. The second-order valence-corrected chi connectivity index (χ2v) is 5.87. The first-order valence-electron chi connectivity index (χ1n) is 8.42. The SMILES string of the molecule is Nc1ccccc1NC(=O)/C=C/c1ccc(CNc2ccccc2)cc1. The molecule has 130 valence electrons.